The van der Waals surface area contributed by atoms with E-state index in [0.29, 0.717) is 5.75 Å². The van der Waals surface area contributed by atoms with E-state index in [0.717, 1.165) is 24.2 Å². The molecule has 0 saturated carbocycles. The van der Waals surface area contributed by atoms with E-state index in [1.54, 1.807) is 6.07 Å². The molecule has 0 heterocycles. The molecule has 0 bridgehead atoms. The van der Waals surface area contributed by atoms with Gasteiger partial charge in [0, 0.05) is 17.4 Å². The highest BCUT2D eigenvalue weighted by Gasteiger charge is 2.19. The second-order valence-corrected chi connectivity index (χ2v) is 6.72. The van der Waals surface area contributed by atoms with E-state index in [4.69, 9.17) is 4.18 Å². The quantitative estimate of drug-likeness (QED) is 0.182. The fraction of sp³-hybridized carbons (Fsp3) is 0.667. The molecule has 0 unspecified atom stereocenters. The first-order valence-electron chi connectivity index (χ1n) is 8.76. The lowest BCUT2D eigenvalue weighted by atomic mass is 10.0. The lowest BCUT2D eigenvalue weighted by Gasteiger charge is -2.10. The molecule has 4 nitrogen and oxygen atoms in total. The van der Waals surface area contributed by atoms with Gasteiger partial charge in [-0.05, 0) is 12.8 Å². The van der Waals surface area contributed by atoms with Gasteiger partial charge >= 0.3 is 5.69 Å². The summed E-state index contributed by atoms with van der Waals surface area (Å²) in [6, 6.07) is 5.21. The number of nitro groups is 1. The van der Waals surface area contributed by atoms with Crippen molar-refractivity contribution in [2.24, 2.45) is 0 Å². The van der Waals surface area contributed by atoms with Crippen LogP contribution in [0, 0.1) is 10.1 Å². The molecule has 0 fully saturated rings. The molecule has 130 valence electrons. The molecule has 0 aromatic heterocycles. The van der Waals surface area contributed by atoms with E-state index in [2.05, 4.69) is 6.92 Å². The molecular formula is C18H29NO3S. The summed E-state index contributed by atoms with van der Waals surface area (Å²) in [4.78, 5) is 10.8. The van der Waals surface area contributed by atoms with E-state index < -0.39 is 0 Å². The maximum atomic E-state index is 11.2. The number of benzene rings is 1. The van der Waals surface area contributed by atoms with Crippen LogP contribution in [0.3, 0.4) is 0 Å². The average molecular weight is 340 g/mol. The number of nitro benzene ring substituents is 1. The molecule has 0 atom stereocenters. The minimum Gasteiger partial charge on any atom is -0.418 e. The van der Waals surface area contributed by atoms with Crippen molar-refractivity contribution in [2.75, 3.05) is 5.75 Å². The zero-order valence-corrected chi connectivity index (χ0v) is 15.2. The van der Waals surface area contributed by atoms with Gasteiger partial charge in [-0.1, -0.05) is 70.9 Å². The van der Waals surface area contributed by atoms with Crippen molar-refractivity contribution in [2.45, 2.75) is 71.6 Å². The SMILES string of the molecule is CCCCCCCCCCc1cccc([N+](=O)[O-])c1OSCC. The normalized spacial score (nSPS) is 10.7. The van der Waals surface area contributed by atoms with Gasteiger partial charge in [-0.25, -0.2) is 0 Å². The van der Waals surface area contributed by atoms with Gasteiger partial charge in [0.05, 0.1) is 17.0 Å². The minimum atomic E-state index is -0.358. The second-order valence-electron chi connectivity index (χ2n) is 5.74. The van der Waals surface area contributed by atoms with Crippen molar-refractivity contribution in [3.8, 4) is 5.75 Å². The van der Waals surface area contributed by atoms with Crippen LogP contribution in [0.15, 0.2) is 18.2 Å². The summed E-state index contributed by atoms with van der Waals surface area (Å²) in [5.74, 6) is 1.20. The van der Waals surface area contributed by atoms with Gasteiger partial charge in [0.2, 0.25) is 5.75 Å². The molecule has 5 heteroatoms. The summed E-state index contributed by atoms with van der Waals surface area (Å²) in [6.07, 6.45) is 10.9. The molecule has 1 aromatic carbocycles. The van der Waals surface area contributed by atoms with Crippen LogP contribution in [0.4, 0.5) is 5.69 Å². The van der Waals surface area contributed by atoms with E-state index >= 15 is 0 Å². The molecule has 0 N–H and O–H groups in total. The number of hydrogen-bond donors (Lipinski definition) is 0. The zero-order chi connectivity index (χ0) is 16.9. The van der Waals surface area contributed by atoms with Crippen LogP contribution >= 0.6 is 12.0 Å². The average Bonchev–Trinajstić information content (AvgIpc) is 2.55. The summed E-state index contributed by atoms with van der Waals surface area (Å²) >= 11 is 1.26. The number of aryl methyl sites for hydroxylation is 1. The largest absolute Gasteiger partial charge is 0.418 e. The second kappa shape index (κ2) is 12.2. The van der Waals surface area contributed by atoms with Crippen LogP contribution in [0.25, 0.3) is 0 Å². The molecule has 0 radical (unpaired) electrons. The minimum absolute atomic E-state index is 0.0722. The number of para-hydroxylation sites is 1. The lowest BCUT2D eigenvalue weighted by Crippen LogP contribution is -1.98. The fourth-order valence-corrected chi connectivity index (χ4v) is 3.00. The van der Waals surface area contributed by atoms with E-state index in [1.807, 2.05) is 13.0 Å². The number of rotatable bonds is 13. The highest BCUT2D eigenvalue weighted by atomic mass is 32.2. The van der Waals surface area contributed by atoms with Crippen LogP contribution in [-0.2, 0) is 6.42 Å². The molecule has 0 aliphatic carbocycles. The number of unbranched alkanes of at least 4 members (excludes halogenated alkanes) is 7. The third kappa shape index (κ3) is 7.73. The lowest BCUT2D eigenvalue weighted by molar-refractivity contribution is -0.385. The Morgan fingerprint density at radius 1 is 1.04 bits per heavy atom. The first-order valence-corrected chi connectivity index (χ1v) is 9.67. The molecule has 1 aromatic rings. The monoisotopic (exact) mass is 339 g/mol. The summed E-state index contributed by atoms with van der Waals surface area (Å²) in [7, 11) is 0. The Morgan fingerprint density at radius 2 is 1.70 bits per heavy atom. The molecule has 0 amide bonds. The summed E-state index contributed by atoms with van der Waals surface area (Å²) < 4.78 is 5.58. The van der Waals surface area contributed by atoms with Crippen molar-refractivity contribution >= 4 is 17.7 Å². The van der Waals surface area contributed by atoms with Crippen molar-refractivity contribution in [3.63, 3.8) is 0 Å². The van der Waals surface area contributed by atoms with Gasteiger partial charge < -0.3 is 4.18 Å². The van der Waals surface area contributed by atoms with Crippen molar-refractivity contribution in [1.29, 1.82) is 0 Å². The highest BCUT2D eigenvalue weighted by Crippen LogP contribution is 2.34. The topological polar surface area (TPSA) is 52.4 Å². The highest BCUT2D eigenvalue weighted by molar-refractivity contribution is 7.94. The molecule has 0 saturated heterocycles. The standard InChI is InChI=1S/C18H29NO3S/c1-3-5-6-7-8-9-10-11-13-16-14-12-15-17(19(20)21)18(16)22-23-4-2/h12,14-15H,3-11,13H2,1-2H3. The van der Waals surface area contributed by atoms with Crippen LogP contribution in [0.5, 0.6) is 5.75 Å². The number of hydrogen-bond acceptors (Lipinski definition) is 4. The molecule has 0 aliphatic rings. The molecule has 0 spiro atoms. The maximum absolute atomic E-state index is 11.2. The van der Waals surface area contributed by atoms with Gasteiger partial charge in [0.1, 0.15) is 0 Å². The fourth-order valence-electron chi connectivity index (χ4n) is 2.58. The van der Waals surface area contributed by atoms with Crippen molar-refractivity contribution in [3.05, 3.63) is 33.9 Å². The first kappa shape index (κ1) is 19.8. The van der Waals surface area contributed by atoms with Crippen LogP contribution in [0.2, 0.25) is 0 Å². The van der Waals surface area contributed by atoms with Crippen LogP contribution < -0.4 is 4.18 Å². The van der Waals surface area contributed by atoms with E-state index in [1.165, 1.54) is 63.1 Å². The summed E-state index contributed by atoms with van der Waals surface area (Å²) in [5, 5.41) is 11.2. The number of nitrogens with zero attached hydrogens (tertiary/aromatic N) is 1. The Labute approximate surface area is 144 Å². The Hall–Kier alpha value is -1.23. The third-order valence-electron chi connectivity index (χ3n) is 3.83. The molecule has 0 aliphatic heterocycles. The van der Waals surface area contributed by atoms with Gasteiger partial charge in [0.25, 0.3) is 0 Å². The van der Waals surface area contributed by atoms with Crippen molar-refractivity contribution in [1.82, 2.24) is 0 Å². The third-order valence-corrected chi connectivity index (χ3v) is 4.35. The smallest absolute Gasteiger partial charge is 0.312 e. The van der Waals surface area contributed by atoms with Gasteiger partial charge in [0.15, 0.2) is 0 Å². The molecule has 23 heavy (non-hydrogen) atoms. The summed E-state index contributed by atoms with van der Waals surface area (Å²) in [6.45, 7) is 4.20. The van der Waals surface area contributed by atoms with Crippen LogP contribution in [0.1, 0.15) is 70.8 Å². The Morgan fingerprint density at radius 3 is 2.30 bits per heavy atom. The predicted molar refractivity (Wildman–Crippen MR) is 98.2 cm³/mol. The van der Waals surface area contributed by atoms with E-state index in [9.17, 15) is 10.1 Å². The molecule has 1 rings (SSSR count). The van der Waals surface area contributed by atoms with Gasteiger partial charge in [-0.2, -0.15) is 0 Å². The Balaban J connectivity index is 2.45. The van der Waals surface area contributed by atoms with Gasteiger partial charge in [-0.15, -0.1) is 0 Å². The van der Waals surface area contributed by atoms with Crippen LogP contribution in [-0.4, -0.2) is 10.7 Å². The molecular weight excluding hydrogens is 310 g/mol. The Bertz CT molecular complexity index is 466. The maximum Gasteiger partial charge on any atom is 0.312 e. The predicted octanol–water partition coefficient (Wildman–Crippen LogP) is 6.32. The Kier molecular flexibility index (Phi) is 10.5. The van der Waals surface area contributed by atoms with Gasteiger partial charge in [-0.3, -0.25) is 10.1 Å². The summed E-state index contributed by atoms with van der Waals surface area (Å²) in [5.41, 5.74) is 1.02. The first-order chi connectivity index (χ1) is 11.2. The van der Waals surface area contributed by atoms with E-state index in [-0.39, 0.29) is 10.6 Å². The van der Waals surface area contributed by atoms with Crippen molar-refractivity contribution < 1.29 is 9.11 Å². The zero-order valence-electron chi connectivity index (χ0n) is 14.4.